The van der Waals surface area contributed by atoms with Crippen molar-refractivity contribution in [2.45, 2.75) is 39.4 Å². The van der Waals surface area contributed by atoms with Crippen molar-refractivity contribution in [1.29, 1.82) is 0 Å². The van der Waals surface area contributed by atoms with Crippen LogP contribution in [0.1, 0.15) is 27.7 Å². The van der Waals surface area contributed by atoms with Crippen LogP contribution in [-0.2, 0) is 14.3 Å². The van der Waals surface area contributed by atoms with Gasteiger partial charge in [-0.2, -0.15) is 0 Å². The molecule has 2 unspecified atom stereocenters. The molecule has 0 radical (unpaired) electrons. The van der Waals surface area contributed by atoms with Crippen LogP contribution in [0.2, 0.25) is 0 Å². The Hall–Kier alpha value is -0.610. The van der Waals surface area contributed by atoms with Crippen molar-refractivity contribution in [1.82, 2.24) is 0 Å². The van der Waals surface area contributed by atoms with Gasteiger partial charge in [-0.3, -0.25) is 0 Å². The third-order valence-electron chi connectivity index (χ3n) is 1.90. The molecule has 0 saturated heterocycles. The molecule has 13 heavy (non-hydrogen) atoms. The van der Waals surface area contributed by atoms with Crippen molar-refractivity contribution in [2.75, 3.05) is 13.2 Å². The van der Waals surface area contributed by atoms with Gasteiger partial charge in [-0.25, -0.2) is 4.79 Å². The van der Waals surface area contributed by atoms with Crippen molar-refractivity contribution in [3.05, 3.63) is 0 Å². The van der Waals surface area contributed by atoms with Crippen LogP contribution < -0.4 is 0 Å². The second-order valence-electron chi connectivity index (χ2n) is 2.97. The van der Waals surface area contributed by atoms with E-state index in [1.165, 1.54) is 6.92 Å². The maximum Gasteiger partial charge on any atom is 0.340 e. The predicted octanol–water partition coefficient (Wildman–Crippen LogP) is 0.726. The molecule has 2 atom stereocenters. The highest BCUT2D eigenvalue weighted by Gasteiger charge is 2.38. The zero-order valence-corrected chi connectivity index (χ0v) is 8.66. The number of carbonyl (C=O) groups is 1. The molecule has 0 spiro atoms. The number of aliphatic hydroxyl groups is 1. The van der Waals surface area contributed by atoms with Crippen molar-refractivity contribution in [2.24, 2.45) is 0 Å². The van der Waals surface area contributed by atoms with E-state index in [0.29, 0.717) is 6.61 Å². The second kappa shape index (κ2) is 5.19. The summed E-state index contributed by atoms with van der Waals surface area (Å²) >= 11 is 0. The molecule has 4 nitrogen and oxygen atoms in total. The molecule has 0 bridgehead atoms. The van der Waals surface area contributed by atoms with E-state index in [9.17, 15) is 9.90 Å². The van der Waals surface area contributed by atoms with Crippen LogP contribution in [0.15, 0.2) is 0 Å². The Morgan fingerprint density at radius 1 is 1.46 bits per heavy atom. The van der Waals surface area contributed by atoms with Gasteiger partial charge in [0.15, 0.2) is 5.60 Å². The van der Waals surface area contributed by atoms with Crippen molar-refractivity contribution in [3.63, 3.8) is 0 Å². The minimum Gasteiger partial charge on any atom is -0.464 e. The van der Waals surface area contributed by atoms with Crippen LogP contribution in [0.5, 0.6) is 0 Å². The van der Waals surface area contributed by atoms with E-state index < -0.39 is 17.7 Å². The summed E-state index contributed by atoms with van der Waals surface area (Å²) in [6, 6.07) is 0. The molecule has 0 amide bonds. The fraction of sp³-hybridized carbons (Fsp3) is 0.889. The molecule has 0 aliphatic rings. The number of hydrogen-bond acceptors (Lipinski definition) is 4. The average molecular weight is 190 g/mol. The van der Waals surface area contributed by atoms with Gasteiger partial charge in [0.2, 0.25) is 0 Å². The summed E-state index contributed by atoms with van der Waals surface area (Å²) in [6.45, 7) is 7.24. The minimum atomic E-state index is -1.56. The first-order valence-corrected chi connectivity index (χ1v) is 4.48. The first-order chi connectivity index (χ1) is 5.96. The predicted molar refractivity (Wildman–Crippen MR) is 48.3 cm³/mol. The van der Waals surface area contributed by atoms with Gasteiger partial charge in [0, 0.05) is 6.61 Å². The van der Waals surface area contributed by atoms with E-state index in [2.05, 4.69) is 0 Å². The summed E-state index contributed by atoms with van der Waals surface area (Å²) in [5, 5.41) is 9.71. The lowest BCUT2D eigenvalue weighted by Crippen LogP contribution is -2.47. The molecule has 0 saturated carbocycles. The first kappa shape index (κ1) is 12.4. The van der Waals surface area contributed by atoms with Crippen LogP contribution in [0.3, 0.4) is 0 Å². The SMILES string of the molecule is CCOC(=O)C(C)(O)C(C)OCC. The number of ether oxygens (including phenoxy) is 2. The van der Waals surface area contributed by atoms with Gasteiger partial charge in [-0.05, 0) is 27.7 Å². The smallest absolute Gasteiger partial charge is 0.340 e. The summed E-state index contributed by atoms with van der Waals surface area (Å²) in [6.07, 6.45) is -0.559. The third-order valence-corrected chi connectivity index (χ3v) is 1.90. The second-order valence-corrected chi connectivity index (χ2v) is 2.97. The van der Waals surface area contributed by atoms with Crippen molar-refractivity contribution >= 4 is 5.97 Å². The lowest BCUT2D eigenvalue weighted by atomic mass is 10.0. The zero-order chi connectivity index (χ0) is 10.5. The summed E-state index contributed by atoms with van der Waals surface area (Å²) < 4.78 is 9.83. The topological polar surface area (TPSA) is 55.8 Å². The number of carbonyl (C=O) groups excluding carboxylic acids is 1. The summed E-state index contributed by atoms with van der Waals surface area (Å²) in [5.74, 6) is -0.643. The summed E-state index contributed by atoms with van der Waals surface area (Å²) in [5.41, 5.74) is -1.56. The fourth-order valence-corrected chi connectivity index (χ4v) is 0.855. The lowest BCUT2D eigenvalue weighted by Gasteiger charge is -2.27. The van der Waals surface area contributed by atoms with Gasteiger partial charge in [0.05, 0.1) is 12.7 Å². The van der Waals surface area contributed by atoms with Crippen LogP contribution in [0, 0.1) is 0 Å². The minimum absolute atomic E-state index is 0.258. The van der Waals surface area contributed by atoms with Gasteiger partial charge in [0.1, 0.15) is 0 Å². The molecule has 0 aromatic carbocycles. The Labute approximate surface area is 78.8 Å². The maximum atomic E-state index is 11.2. The molecule has 0 rings (SSSR count). The van der Waals surface area contributed by atoms with Gasteiger partial charge in [0.25, 0.3) is 0 Å². The fourth-order valence-electron chi connectivity index (χ4n) is 0.855. The van der Waals surface area contributed by atoms with Gasteiger partial charge in [-0.15, -0.1) is 0 Å². The molecule has 0 aromatic rings. The molecular formula is C9H18O4. The standard InChI is InChI=1S/C9H18O4/c1-5-12-7(3)9(4,11)8(10)13-6-2/h7,11H,5-6H2,1-4H3. The monoisotopic (exact) mass is 190 g/mol. The van der Waals surface area contributed by atoms with E-state index in [-0.39, 0.29) is 6.61 Å². The molecule has 78 valence electrons. The molecule has 1 N–H and O–H groups in total. The van der Waals surface area contributed by atoms with Crippen LogP contribution in [0.4, 0.5) is 0 Å². The van der Waals surface area contributed by atoms with E-state index in [1.807, 2.05) is 0 Å². The third kappa shape index (κ3) is 3.32. The first-order valence-electron chi connectivity index (χ1n) is 4.48. The molecule has 0 fully saturated rings. The van der Waals surface area contributed by atoms with Gasteiger partial charge >= 0.3 is 5.97 Å². The van der Waals surface area contributed by atoms with E-state index >= 15 is 0 Å². The van der Waals surface area contributed by atoms with E-state index in [4.69, 9.17) is 9.47 Å². The Balaban J connectivity index is 4.26. The van der Waals surface area contributed by atoms with Crippen LogP contribution >= 0.6 is 0 Å². The molecular weight excluding hydrogens is 172 g/mol. The largest absolute Gasteiger partial charge is 0.464 e. The summed E-state index contributed by atoms with van der Waals surface area (Å²) in [4.78, 5) is 11.2. The van der Waals surface area contributed by atoms with Crippen molar-refractivity contribution < 1.29 is 19.4 Å². The molecule has 0 aliphatic heterocycles. The highest BCUT2D eigenvalue weighted by Crippen LogP contribution is 2.15. The Morgan fingerprint density at radius 3 is 2.38 bits per heavy atom. The molecule has 0 aliphatic carbocycles. The Morgan fingerprint density at radius 2 is 2.00 bits per heavy atom. The normalized spacial score (nSPS) is 17.6. The maximum absolute atomic E-state index is 11.2. The Kier molecular flexibility index (Phi) is 4.95. The average Bonchev–Trinajstić information content (AvgIpc) is 2.05. The van der Waals surface area contributed by atoms with Gasteiger partial charge in [-0.1, -0.05) is 0 Å². The molecule has 0 heterocycles. The highest BCUT2D eigenvalue weighted by atomic mass is 16.6. The van der Waals surface area contributed by atoms with Gasteiger partial charge < -0.3 is 14.6 Å². The zero-order valence-electron chi connectivity index (χ0n) is 8.66. The number of rotatable bonds is 5. The highest BCUT2D eigenvalue weighted by molar-refractivity contribution is 5.79. The summed E-state index contributed by atoms with van der Waals surface area (Å²) in [7, 11) is 0. The molecule has 4 heteroatoms. The quantitative estimate of drug-likeness (QED) is 0.649. The van der Waals surface area contributed by atoms with E-state index in [0.717, 1.165) is 0 Å². The van der Waals surface area contributed by atoms with Crippen molar-refractivity contribution in [3.8, 4) is 0 Å². The molecule has 0 aromatic heterocycles. The van der Waals surface area contributed by atoms with E-state index in [1.54, 1.807) is 20.8 Å². The van der Waals surface area contributed by atoms with Crippen LogP contribution in [0.25, 0.3) is 0 Å². The number of hydrogen-bond donors (Lipinski definition) is 1. The van der Waals surface area contributed by atoms with Crippen LogP contribution in [-0.4, -0.2) is 36.0 Å². The Bertz CT molecular complexity index is 165. The lowest BCUT2D eigenvalue weighted by molar-refractivity contribution is -0.177. The number of esters is 1.